The third kappa shape index (κ3) is 3.17. The highest BCUT2D eigenvalue weighted by molar-refractivity contribution is 5.71. The minimum atomic E-state index is -0.872. The average Bonchev–Trinajstić information content (AvgIpc) is 3.22. The van der Waals surface area contributed by atoms with Crippen LogP contribution in [0.5, 0.6) is 0 Å². The Hall–Kier alpha value is -1.65. The lowest BCUT2D eigenvalue weighted by Crippen LogP contribution is -2.33. The SMILES string of the molecule is CCc1nc(=O)n(CC2(CC)CC2)c(CC)c1CC(=O)O. The molecule has 0 aromatic carbocycles. The summed E-state index contributed by atoms with van der Waals surface area (Å²) in [4.78, 5) is 27.6. The molecular formula is C16H24N2O3. The van der Waals surface area contributed by atoms with Crippen molar-refractivity contribution in [2.45, 2.75) is 65.8 Å². The minimum absolute atomic E-state index is 0.0568. The Balaban J connectivity index is 2.53. The molecule has 0 radical (unpaired) electrons. The van der Waals surface area contributed by atoms with Crippen LogP contribution in [0.4, 0.5) is 0 Å². The van der Waals surface area contributed by atoms with Gasteiger partial charge in [0.1, 0.15) is 0 Å². The fraction of sp³-hybridized carbons (Fsp3) is 0.688. The molecule has 1 N–H and O–H groups in total. The summed E-state index contributed by atoms with van der Waals surface area (Å²) in [5.74, 6) is -0.872. The molecule has 0 bridgehead atoms. The smallest absolute Gasteiger partial charge is 0.348 e. The predicted octanol–water partition coefficient (Wildman–Crippen LogP) is 2.19. The molecule has 1 saturated carbocycles. The van der Waals surface area contributed by atoms with E-state index >= 15 is 0 Å². The van der Waals surface area contributed by atoms with Crippen LogP contribution < -0.4 is 5.69 Å². The van der Waals surface area contributed by atoms with Crippen molar-refractivity contribution in [3.8, 4) is 0 Å². The molecule has 116 valence electrons. The van der Waals surface area contributed by atoms with Gasteiger partial charge in [0.2, 0.25) is 0 Å². The normalized spacial score (nSPS) is 16.0. The van der Waals surface area contributed by atoms with Crippen molar-refractivity contribution in [2.24, 2.45) is 5.41 Å². The van der Waals surface area contributed by atoms with E-state index in [1.807, 2.05) is 13.8 Å². The van der Waals surface area contributed by atoms with E-state index in [1.165, 1.54) is 0 Å². The zero-order chi connectivity index (χ0) is 15.6. The second kappa shape index (κ2) is 6.00. The van der Waals surface area contributed by atoms with E-state index in [1.54, 1.807) is 4.57 Å². The van der Waals surface area contributed by atoms with E-state index in [0.717, 1.165) is 30.5 Å². The number of carboxylic acid groups (broad SMARTS) is 1. The molecule has 0 unspecified atom stereocenters. The third-order valence-electron chi connectivity index (χ3n) is 4.68. The highest BCUT2D eigenvalue weighted by atomic mass is 16.4. The van der Waals surface area contributed by atoms with Gasteiger partial charge in [0, 0.05) is 17.8 Å². The number of aliphatic carboxylic acids is 1. The van der Waals surface area contributed by atoms with Crippen molar-refractivity contribution >= 4 is 5.97 Å². The monoisotopic (exact) mass is 292 g/mol. The number of carbonyl (C=O) groups is 1. The minimum Gasteiger partial charge on any atom is -0.481 e. The number of carboxylic acids is 1. The molecule has 5 heteroatoms. The van der Waals surface area contributed by atoms with Gasteiger partial charge in [-0.3, -0.25) is 9.36 Å². The van der Waals surface area contributed by atoms with Crippen LogP contribution >= 0.6 is 0 Å². The van der Waals surface area contributed by atoms with Gasteiger partial charge in [0.05, 0.1) is 12.1 Å². The van der Waals surface area contributed by atoms with Gasteiger partial charge in [0.15, 0.2) is 0 Å². The summed E-state index contributed by atoms with van der Waals surface area (Å²) in [5, 5.41) is 9.14. The first-order valence-electron chi connectivity index (χ1n) is 7.79. The van der Waals surface area contributed by atoms with Gasteiger partial charge < -0.3 is 5.11 Å². The molecule has 1 heterocycles. The van der Waals surface area contributed by atoms with Gasteiger partial charge in [-0.1, -0.05) is 20.8 Å². The number of aryl methyl sites for hydroxylation is 1. The summed E-state index contributed by atoms with van der Waals surface area (Å²) in [7, 11) is 0. The van der Waals surface area contributed by atoms with Crippen LogP contribution in [0.1, 0.15) is 57.0 Å². The maximum Gasteiger partial charge on any atom is 0.348 e. The van der Waals surface area contributed by atoms with Crippen LogP contribution in [-0.4, -0.2) is 20.6 Å². The fourth-order valence-corrected chi connectivity index (χ4v) is 3.04. The maximum atomic E-state index is 12.3. The Bertz CT molecular complexity index is 600. The van der Waals surface area contributed by atoms with E-state index in [-0.39, 0.29) is 17.5 Å². The van der Waals surface area contributed by atoms with Crippen LogP contribution in [0.2, 0.25) is 0 Å². The second-order valence-corrected chi connectivity index (χ2v) is 5.98. The average molecular weight is 292 g/mol. The van der Waals surface area contributed by atoms with E-state index in [0.29, 0.717) is 25.1 Å². The first kappa shape index (κ1) is 15.7. The van der Waals surface area contributed by atoms with Gasteiger partial charge in [-0.15, -0.1) is 0 Å². The van der Waals surface area contributed by atoms with Crippen molar-refractivity contribution in [3.63, 3.8) is 0 Å². The van der Waals surface area contributed by atoms with Gasteiger partial charge >= 0.3 is 11.7 Å². The molecule has 2 rings (SSSR count). The lowest BCUT2D eigenvalue weighted by atomic mass is 10.0. The molecule has 1 aliphatic rings. The van der Waals surface area contributed by atoms with Crippen LogP contribution in [0.15, 0.2) is 4.79 Å². The summed E-state index contributed by atoms with van der Waals surface area (Å²) in [6.45, 7) is 6.71. The van der Waals surface area contributed by atoms with E-state index in [4.69, 9.17) is 5.11 Å². The molecule has 0 saturated heterocycles. The number of hydrogen-bond donors (Lipinski definition) is 1. The third-order valence-corrected chi connectivity index (χ3v) is 4.68. The molecule has 1 fully saturated rings. The summed E-state index contributed by atoms with van der Waals surface area (Å²) < 4.78 is 1.73. The van der Waals surface area contributed by atoms with Crippen LogP contribution in [-0.2, 0) is 30.6 Å². The fourth-order valence-electron chi connectivity index (χ4n) is 3.04. The molecule has 0 atom stereocenters. The Morgan fingerprint density at radius 2 is 1.95 bits per heavy atom. The van der Waals surface area contributed by atoms with E-state index in [2.05, 4.69) is 11.9 Å². The Kier molecular flexibility index (Phi) is 4.49. The molecule has 1 aromatic heterocycles. The summed E-state index contributed by atoms with van der Waals surface area (Å²) in [6.07, 6.45) is 4.52. The predicted molar refractivity (Wildman–Crippen MR) is 80.6 cm³/mol. The first-order valence-corrected chi connectivity index (χ1v) is 7.79. The quantitative estimate of drug-likeness (QED) is 0.836. The highest BCUT2D eigenvalue weighted by Crippen LogP contribution is 2.49. The molecule has 1 aliphatic carbocycles. The summed E-state index contributed by atoms with van der Waals surface area (Å²) >= 11 is 0. The van der Waals surface area contributed by atoms with Crippen molar-refractivity contribution in [3.05, 3.63) is 27.4 Å². The van der Waals surface area contributed by atoms with Gasteiger partial charge in [-0.25, -0.2) is 4.79 Å². The molecule has 5 nitrogen and oxygen atoms in total. The molecule has 0 spiro atoms. The molecular weight excluding hydrogens is 268 g/mol. The zero-order valence-electron chi connectivity index (χ0n) is 13.1. The van der Waals surface area contributed by atoms with Crippen LogP contribution in [0.3, 0.4) is 0 Å². The number of aromatic nitrogens is 2. The van der Waals surface area contributed by atoms with E-state index < -0.39 is 5.97 Å². The largest absolute Gasteiger partial charge is 0.481 e. The summed E-state index contributed by atoms with van der Waals surface area (Å²) in [5.41, 5.74) is 2.23. The standard InChI is InChI=1S/C16H24N2O3/c1-4-12-11(9-14(19)20)13(5-2)18(15(21)17-12)10-16(6-3)7-8-16/h4-10H2,1-3H3,(H,19,20). The first-order chi connectivity index (χ1) is 9.96. The molecule has 0 amide bonds. The number of nitrogens with zero attached hydrogens (tertiary/aromatic N) is 2. The van der Waals surface area contributed by atoms with Crippen molar-refractivity contribution < 1.29 is 9.90 Å². The molecule has 21 heavy (non-hydrogen) atoms. The Morgan fingerprint density at radius 1 is 1.29 bits per heavy atom. The number of rotatable bonds is 7. The topological polar surface area (TPSA) is 72.2 Å². The van der Waals surface area contributed by atoms with E-state index in [9.17, 15) is 9.59 Å². The Labute approximate surface area is 125 Å². The van der Waals surface area contributed by atoms with Crippen molar-refractivity contribution in [1.29, 1.82) is 0 Å². The zero-order valence-corrected chi connectivity index (χ0v) is 13.1. The molecule has 1 aromatic rings. The Morgan fingerprint density at radius 3 is 2.38 bits per heavy atom. The lowest BCUT2D eigenvalue weighted by molar-refractivity contribution is -0.136. The van der Waals surface area contributed by atoms with Crippen LogP contribution in [0, 0.1) is 5.41 Å². The van der Waals surface area contributed by atoms with Gasteiger partial charge in [0.25, 0.3) is 0 Å². The van der Waals surface area contributed by atoms with Crippen LogP contribution in [0.25, 0.3) is 0 Å². The van der Waals surface area contributed by atoms with Gasteiger partial charge in [-0.05, 0) is 37.5 Å². The molecule has 0 aliphatic heterocycles. The summed E-state index contributed by atoms with van der Waals surface area (Å²) in [6, 6.07) is 0. The van der Waals surface area contributed by atoms with Gasteiger partial charge in [-0.2, -0.15) is 4.98 Å². The lowest BCUT2D eigenvalue weighted by Gasteiger charge is -2.21. The van der Waals surface area contributed by atoms with Crippen molar-refractivity contribution in [2.75, 3.05) is 0 Å². The maximum absolute atomic E-state index is 12.3. The van der Waals surface area contributed by atoms with Crippen molar-refractivity contribution in [1.82, 2.24) is 9.55 Å². The number of hydrogen-bond acceptors (Lipinski definition) is 3. The highest BCUT2D eigenvalue weighted by Gasteiger charge is 2.41. The second-order valence-electron chi connectivity index (χ2n) is 5.98.